The van der Waals surface area contributed by atoms with Gasteiger partial charge < -0.3 is 10.3 Å². The summed E-state index contributed by atoms with van der Waals surface area (Å²) in [5.74, 6) is 0.475. The average molecular weight is 455 g/mol. The Bertz CT molecular complexity index is 1170. The molecule has 0 aliphatic carbocycles. The van der Waals surface area contributed by atoms with E-state index in [0.29, 0.717) is 18.8 Å². The van der Waals surface area contributed by atoms with Crippen molar-refractivity contribution >= 4 is 27.0 Å². The van der Waals surface area contributed by atoms with Crippen LogP contribution in [0.25, 0.3) is 11.0 Å². The van der Waals surface area contributed by atoms with E-state index in [-0.39, 0.29) is 22.8 Å². The second-order valence-corrected chi connectivity index (χ2v) is 10.7. The maximum absolute atomic E-state index is 13.4. The molecule has 3 aromatic rings. The topological polar surface area (TPSA) is 95.2 Å². The molecule has 2 heterocycles. The molecule has 32 heavy (non-hydrogen) atoms. The van der Waals surface area contributed by atoms with Crippen molar-refractivity contribution in [2.24, 2.45) is 5.92 Å². The van der Waals surface area contributed by atoms with Gasteiger partial charge in [0.2, 0.25) is 15.9 Å². The molecule has 0 radical (unpaired) electrons. The van der Waals surface area contributed by atoms with E-state index in [0.717, 1.165) is 29.4 Å². The Kier molecular flexibility index (Phi) is 6.35. The van der Waals surface area contributed by atoms with Crippen LogP contribution in [0.3, 0.4) is 0 Å². The number of hydrogen-bond acceptors (Lipinski definition) is 4. The van der Waals surface area contributed by atoms with Gasteiger partial charge in [0, 0.05) is 6.54 Å². The zero-order valence-corrected chi connectivity index (χ0v) is 19.5. The van der Waals surface area contributed by atoms with Gasteiger partial charge in [0.25, 0.3) is 0 Å². The second-order valence-electron chi connectivity index (χ2n) is 8.81. The van der Waals surface area contributed by atoms with Gasteiger partial charge in [0.1, 0.15) is 11.9 Å². The molecule has 0 saturated carbocycles. The molecule has 2 aromatic carbocycles. The Morgan fingerprint density at radius 2 is 1.84 bits per heavy atom. The molecule has 1 aliphatic rings. The third kappa shape index (κ3) is 4.42. The lowest BCUT2D eigenvalue weighted by Crippen LogP contribution is -2.52. The number of aromatic nitrogens is 2. The summed E-state index contributed by atoms with van der Waals surface area (Å²) in [5, 5.41) is 3.09. The minimum Gasteiger partial charge on any atom is -0.344 e. The summed E-state index contributed by atoms with van der Waals surface area (Å²) in [5.41, 5.74) is 2.73. The summed E-state index contributed by atoms with van der Waals surface area (Å²) in [6.45, 7) is 6.28. The Labute approximate surface area is 189 Å². The van der Waals surface area contributed by atoms with Crippen LogP contribution >= 0.6 is 0 Å². The van der Waals surface area contributed by atoms with Crippen molar-refractivity contribution in [3.8, 4) is 0 Å². The summed E-state index contributed by atoms with van der Waals surface area (Å²) in [6.07, 6.45) is 2.06. The molecule has 1 fully saturated rings. The summed E-state index contributed by atoms with van der Waals surface area (Å²) in [6, 6.07) is 13.4. The van der Waals surface area contributed by atoms with Gasteiger partial charge in [-0.2, -0.15) is 4.31 Å². The van der Waals surface area contributed by atoms with Gasteiger partial charge in [0.05, 0.1) is 22.0 Å². The minimum atomic E-state index is -3.77. The number of H-pyrrole nitrogens is 1. The molecule has 0 bridgehead atoms. The van der Waals surface area contributed by atoms with Crippen LogP contribution in [0.15, 0.2) is 53.4 Å². The predicted octanol–water partition coefficient (Wildman–Crippen LogP) is 3.93. The van der Waals surface area contributed by atoms with Gasteiger partial charge in [-0.25, -0.2) is 13.4 Å². The second kappa shape index (κ2) is 9.03. The summed E-state index contributed by atoms with van der Waals surface area (Å²) >= 11 is 0. The van der Waals surface area contributed by atoms with Crippen molar-refractivity contribution in [2.75, 3.05) is 6.54 Å². The van der Waals surface area contributed by atoms with Crippen LogP contribution in [-0.2, 0) is 14.8 Å². The first kappa shape index (κ1) is 22.5. The van der Waals surface area contributed by atoms with Crippen LogP contribution in [0, 0.1) is 12.8 Å². The molecular weight excluding hydrogens is 424 g/mol. The van der Waals surface area contributed by atoms with E-state index in [4.69, 9.17) is 0 Å². The summed E-state index contributed by atoms with van der Waals surface area (Å²) < 4.78 is 28.1. The normalized spacial score (nSPS) is 18.7. The molecule has 2 N–H and O–H groups in total. The first-order valence-electron chi connectivity index (χ1n) is 11.1. The maximum atomic E-state index is 13.4. The monoisotopic (exact) mass is 454 g/mol. The van der Waals surface area contributed by atoms with Gasteiger partial charge in [-0.05, 0) is 49.9 Å². The smallest absolute Gasteiger partial charge is 0.243 e. The molecule has 1 aromatic heterocycles. The standard InChI is InChI=1S/C24H30N4O3S/c1-16(2)22(23-25-19-8-4-5-9-20(19)26-23)27-24(29)21-10-6-7-15-28(21)32(30,31)18-13-11-17(3)12-14-18/h4-5,8-9,11-14,16,21-22H,6-7,10,15H2,1-3H3,(H,25,26)(H,27,29)/t21-,22-/m0/s1. The number of carbonyl (C=O) groups is 1. The van der Waals surface area contributed by atoms with Crippen LogP contribution in [0.2, 0.25) is 0 Å². The molecule has 8 heteroatoms. The molecule has 1 amide bonds. The maximum Gasteiger partial charge on any atom is 0.243 e. The fourth-order valence-corrected chi connectivity index (χ4v) is 5.88. The lowest BCUT2D eigenvalue weighted by Gasteiger charge is -2.35. The number of para-hydroxylation sites is 2. The highest BCUT2D eigenvalue weighted by molar-refractivity contribution is 7.89. The van der Waals surface area contributed by atoms with E-state index < -0.39 is 16.1 Å². The van der Waals surface area contributed by atoms with Crippen LogP contribution in [0.4, 0.5) is 0 Å². The Morgan fingerprint density at radius 1 is 1.12 bits per heavy atom. The zero-order valence-electron chi connectivity index (χ0n) is 18.7. The SMILES string of the molecule is Cc1ccc(S(=O)(=O)N2CCCC[C@H]2C(=O)N[C@H](c2nc3ccccc3[nH]2)C(C)C)cc1. The number of nitrogens with zero attached hydrogens (tertiary/aromatic N) is 2. The van der Waals surface area contributed by atoms with E-state index in [1.165, 1.54) is 4.31 Å². The number of rotatable bonds is 6. The van der Waals surface area contributed by atoms with E-state index >= 15 is 0 Å². The Morgan fingerprint density at radius 3 is 2.53 bits per heavy atom. The summed E-state index contributed by atoms with van der Waals surface area (Å²) in [4.78, 5) is 21.6. The number of aryl methyl sites for hydroxylation is 1. The number of aromatic amines is 1. The first-order valence-corrected chi connectivity index (χ1v) is 12.5. The molecule has 4 rings (SSSR count). The number of carbonyl (C=O) groups excluding carboxylic acids is 1. The van der Waals surface area contributed by atoms with E-state index in [1.54, 1.807) is 24.3 Å². The molecule has 1 aliphatic heterocycles. The van der Waals surface area contributed by atoms with Gasteiger partial charge in [-0.15, -0.1) is 0 Å². The fraction of sp³-hybridized carbons (Fsp3) is 0.417. The molecule has 0 unspecified atom stereocenters. The number of fused-ring (bicyclic) bond motifs is 1. The highest BCUT2D eigenvalue weighted by Crippen LogP contribution is 2.28. The molecule has 0 spiro atoms. The highest BCUT2D eigenvalue weighted by atomic mass is 32.2. The minimum absolute atomic E-state index is 0.0743. The Hall–Kier alpha value is -2.71. The summed E-state index contributed by atoms with van der Waals surface area (Å²) in [7, 11) is -3.77. The molecule has 7 nitrogen and oxygen atoms in total. The highest BCUT2D eigenvalue weighted by Gasteiger charge is 2.38. The van der Waals surface area contributed by atoms with Crippen molar-refractivity contribution < 1.29 is 13.2 Å². The van der Waals surface area contributed by atoms with Crippen molar-refractivity contribution in [3.05, 3.63) is 59.9 Å². The predicted molar refractivity (Wildman–Crippen MR) is 125 cm³/mol. The zero-order chi connectivity index (χ0) is 22.9. The molecule has 1 saturated heterocycles. The number of amides is 1. The van der Waals surface area contributed by atoms with Crippen LogP contribution in [-0.4, -0.2) is 41.2 Å². The van der Waals surface area contributed by atoms with Crippen molar-refractivity contribution in [3.63, 3.8) is 0 Å². The Balaban J connectivity index is 1.60. The van der Waals surface area contributed by atoms with Crippen LogP contribution in [0.1, 0.15) is 50.5 Å². The third-order valence-electron chi connectivity index (χ3n) is 6.05. The lowest BCUT2D eigenvalue weighted by molar-refractivity contribution is -0.126. The number of piperidine rings is 1. The molecular formula is C24H30N4O3S. The van der Waals surface area contributed by atoms with Gasteiger partial charge >= 0.3 is 0 Å². The van der Waals surface area contributed by atoms with Gasteiger partial charge in [-0.1, -0.05) is 50.1 Å². The van der Waals surface area contributed by atoms with Crippen molar-refractivity contribution in [1.29, 1.82) is 0 Å². The number of hydrogen-bond donors (Lipinski definition) is 2. The molecule has 170 valence electrons. The fourth-order valence-electron chi connectivity index (χ4n) is 4.22. The third-order valence-corrected chi connectivity index (χ3v) is 7.97. The number of imidazole rings is 1. The average Bonchev–Trinajstić information content (AvgIpc) is 3.21. The van der Waals surface area contributed by atoms with Gasteiger partial charge in [0.15, 0.2) is 0 Å². The van der Waals surface area contributed by atoms with E-state index in [2.05, 4.69) is 15.3 Å². The quantitative estimate of drug-likeness (QED) is 0.590. The van der Waals surface area contributed by atoms with Crippen molar-refractivity contribution in [1.82, 2.24) is 19.6 Å². The van der Waals surface area contributed by atoms with Crippen LogP contribution < -0.4 is 5.32 Å². The van der Waals surface area contributed by atoms with E-state index in [9.17, 15) is 13.2 Å². The number of sulfonamides is 1. The van der Waals surface area contributed by atoms with Crippen molar-refractivity contribution in [2.45, 2.75) is 57.0 Å². The largest absolute Gasteiger partial charge is 0.344 e. The van der Waals surface area contributed by atoms with Crippen LogP contribution in [0.5, 0.6) is 0 Å². The number of benzene rings is 2. The van der Waals surface area contributed by atoms with E-state index in [1.807, 2.05) is 45.0 Å². The van der Waals surface area contributed by atoms with Gasteiger partial charge in [-0.3, -0.25) is 4.79 Å². The first-order chi connectivity index (χ1) is 15.3. The molecule has 2 atom stereocenters. The lowest BCUT2D eigenvalue weighted by atomic mass is 10.0. The number of nitrogens with one attached hydrogen (secondary N) is 2.